The number of H-pyrrole nitrogens is 1. The average Bonchev–Trinajstić information content (AvgIpc) is 3.00. The van der Waals surface area contributed by atoms with E-state index in [9.17, 15) is 29.9 Å². The van der Waals surface area contributed by atoms with Gasteiger partial charge in [0.1, 0.15) is 17.9 Å². The van der Waals surface area contributed by atoms with E-state index in [4.69, 9.17) is 9.47 Å². The van der Waals surface area contributed by atoms with Gasteiger partial charge in [-0.2, -0.15) is 0 Å². The van der Waals surface area contributed by atoms with Crippen LogP contribution in [0.5, 0.6) is 5.75 Å². The molecule has 174 valence electrons. The van der Waals surface area contributed by atoms with Gasteiger partial charge in [-0.1, -0.05) is 32.9 Å². The van der Waals surface area contributed by atoms with E-state index in [1.807, 2.05) is 20.8 Å². The van der Waals surface area contributed by atoms with Crippen LogP contribution in [0.2, 0.25) is 0 Å². The van der Waals surface area contributed by atoms with Crippen LogP contribution in [0.1, 0.15) is 45.8 Å². The van der Waals surface area contributed by atoms with Crippen molar-refractivity contribution in [3.8, 4) is 5.75 Å². The highest BCUT2D eigenvalue weighted by atomic mass is 16.6. The second-order valence-corrected chi connectivity index (χ2v) is 9.09. The molecule has 1 aromatic heterocycles. The van der Waals surface area contributed by atoms with E-state index in [1.54, 1.807) is 19.1 Å². The number of para-hydroxylation sites is 1. The number of hydrogen-bond donors (Lipinski definition) is 3. The van der Waals surface area contributed by atoms with Crippen LogP contribution in [-0.4, -0.2) is 43.5 Å². The Labute approximate surface area is 183 Å². The third-order valence-electron chi connectivity index (χ3n) is 5.47. The Morgan fingerprint density at radius 2 is 2.03 bits per heavy atom. The zero-order chi connectivity index (χ0) is 23.8. The van der Waals surface area contributed by atoms with Gasteiger partial charge in [0.05, 0.1) is 29.4 Å². The quantitative estimate of drug-likeness (QED) is 0.441. The van der Waals surface area contributed by atoms with Gasteiger partial charge in [0, 0.05) is 17.9 Å². The van der Waals surface area contributed by atoms with E-state index in [-0.39, 0.29) is 23.4 Å². The number of nitro groups is 1. The summed E-state index contributed by atoms with van der Waals surface area (Å²) in [7, 11) is 0. The lowest BCUT2D eigenvalue weighted by atomic mass is 9.84. The summed E-state index contributed by atoms with van der Waals surface area (Å²) in [5.41, 5.74) is -3.47. The maximum Gasteiger partial charge on any atom is 0.330 e. The van der Waals surface area contributed by atoms with E-state index in [2.05, 4.69) is 4.98 Å². The van der Waals surface area contributed by atoms with E-state index >= 15 is 0 Å². The fraction of sp³-hybridized carbons (Fsp3) is 0.524. The van der Waals surface area contributed by atoms with E-state index in [1.165, 1.54) is 18.3 Å². The van der Waals surface area contributed by atoms with Gasteiger partial charge in [0.25, 0.3) is 11.2 Å². The second kappa shape index (κ2) is 8.49. The molecule has 1 aliphatic heterocycles. The molecule has 0 radical (unpaired) electrons. The first kappa shape index (κ1) is 23.6. The van der Waals surface area contributed by atoms with Crippen molar-refractivity contribution in [2.45, 2.75) is 58.2 Å². The minimum Gasteiger partial charge on any atom is -0.478 e. The van der Waals surface area contributed by atoms with Crippen LogP contribution in [-0.2, 0) is 10.5 Å². The van der Waals surface area contributed by atoms with Crippen LogP contribution in [0, 0.1) is 15.5 Å². The lowest BCUT2D eigenvalue weighted by molar-refractivity contribution is -0.386. The Kier molecular flexibility index (Phi) is 6.27. The van der Waals surface area contributed by atoms with Gasteiger partial charge in [-0.15, -0.1) is 0 Å². The molecule has 0 saturated carbocycles. The maximum absolute atomic E-state index is 12.6. The molecule has 11 nitrogen and oxygen atoms in total. The third kappa shape index (κ3) is 4.45. The Bertz CT molecular complexity index is 1120. The summed E-state index contributed by atoms with van der Waals surface area (Å²) >= 11 is 0. The fourth-order valence-electron chi connectivity index (χ4n) is 3.88. The molecule has 4 atom stereocenters. The summed E-state index contributed by atoms with van der Waals surface area (Å²) in [6, 6.07) is 6.09. The molecule has 1 fully saturated rings. The normalized spacial score (nSPS) is 24.3. The van der Waals surface area contributed by atoms with Crippen LogP contribution >= 0.6 is 0 Å². The lowest BCUT2D eigenvalue weighted by Crippen LogP contribution is -2.43. The van der Waals surface area contributed by atoms with Crippen LogP contribution in [0.25, 0.3) is 0 Å². The summed E-state index contributed by atoms with van der Waals surface area (Å²) < 4.78 is 12.8. The zero-order valence-corrected chi connectivity index (χ0v) is 18.3. The number of hydrogen-bond acceptors (Lipinski definition) is 8. The molecular weight excluding hydrogens is 422 g/mol. The number of aliphatic hydroxyl groups is 2. The number of rotatable bonds is 6. The number of ether oxygens (including phenoxy) is 2. The Balaban J connectivity index is 2.08. The summed E-state index contributed by atoms with van der Waals surface area (Å²) in [6.07, 6.45) is -1.64. The molecule has 1 saturated heterocycles. The molecule has 0 bridgehead atoms. The van der Waals surface area contributed by atoms with E-state index in [0.29, 0.717) is 0 Å². The number of nitrogens with zero attached hydrogens (tertiary/aromatic N) is 2. The number of nitrogens with one attached hydrogen (secondary N) is 1. The molecule has 11 heteroatoms. The highest BCUT2D eigenvalue weighted by Crippen LogP contribution is 2.40. The van der Waals surface area contributed by atoms with Crippen molar-refractivity contribution in [2.24, 2.45) is 5.41 Å². The molecule has 0 spiro atoms. The number of aliphatic hydroxyl groups excluding tert-OH is 2. The first-order chi connectivity index (χ1) is 14.9. The van der Waals surface area contributed by atoms with Crippen molar-refractivity contribution in [1.82, 2.24) is 9.55 Å². The van der Waals surface area contributed by atoms with Gasteiger partial charge in [0.2, 0.25) is 5.75 Å². The monoisotopic (exact) mass is 449 g/mol. The molecule has 3 N–H and O–H groups in total. The zero-order valence-electron chi connectivity index (χ0n) is 18.3. The molecule has 1 aromatic carbocycles. The van der Waals surface area contributed by atoms with Gasteiger partial charge in [-0.3, -0.25) is 24.5 Å². The molecule has 0 aliphatic carbocycles. The summed E-state index contributed by atoms with van der Waals surface area (Å²) in [6.45, 7) is 6.52. The molecule has 0 amide bonds. The van der Waals surface area contributed by atoms with Crippen molar-refractivity contribution < 1.29 is 24.6 Å². The summed E-state index contributed by atoms with van der Waals surface area (Å²) in [4.78, 5) is 38.3. The summed E-state index contributed by atoms with van der Waals surface area (Å²) in [5, 5.41) is 31.0. The molecule has 2 heterocycles. The molecule has 0 unspecified atom stereocenters. The minimum atomic E-state index is -1.35. The Hall–Kier alpha value is -3.02. The van der Waals surface area contributed by atoms with Crippen LogP contribution < -0.4 is 16.0 Å². The number of nitro benzene ring substituents is 1. The second-order valence-electron chi connectivity index (χ2n) is 9.09. The molecule has 3 rings (SSSR count). The first-order valence-corrected chi connectivity index (χ1v) is 10.1. The van der Waals surface area contributed by atoms with Gasteiger partial charge < -0.3 is 19.7 Å². The molecular formula is C21H27N3O8. The predicted octanol–water partition coefficient (Wildman–Crippen LogP) is 1.43. The third-order valence-corrected chi connectivity index (χ3v) is 5.47. The summed E-state index contributed by atoms with van der Waals surface area (Å²) in [5.74, 6) is -0.241. The van der Waals surface area contributed by atoms with E-state index < -0.39 is 52.2 Å². The van der Waals surface area contributed by atoms with Crippen molar-refractivity contribution in [2.75, 3.05) is 6.61 Å². The van der Waals surface area contributed by atoms with E-state index in [0.717, 1.165) is 4.57 Å². The average molecular weight is 449 g/mol. The number of aromatic amines is 1. The van der Waals surface area contributed by atoms with Crippen molar-refractivity contribution in [3.05, 3.63) is 67.0 Å². The van der Waals surface area contributed by atoms with Gasteiger partial charge in [-0.25, -0.2) is 4.79 Å². The van der Waals surface area contributed by atoms with Crippen LogP contribution in [0.4, 0.5) is 5.69 Å². The fourth-order valence-corrected chi connectivity index (χ4v) is 3.88. The van der Waals surface area contributed by atoms with Crippen molar-refractivity contribution in [1.29, 1.82) is 0 Å². The highest BCUT2D eigenvalue weighted by Gasteiger charge is 2.45. The minimum absolute atomic E-state index is 0.00350. The van der Waals surface area contributed by atoms with Gasteiger partial charge in [-0.05, 0) is 13.0 Å². The molecule has 32 heavy (non-hydrogen) atoms. The van der Waals surface area contributed by atoms with Gasteiger partial charge >= 0.3 is 5.69 Å². The van der Waals surface area contributed by atoms with Crippen molar-refractivity contribution >= 4 is 5.69 Å². The number of benzene rings is 1. The van der Waals surface area contributed by atoms with Crippen LogP contribution in [0.15, 0.2) is 40.1 Å². The van der Waals surface area contributed by atoms with Crippen molar-refractivity contribution in [3.63, 3.8) is 0 Å². The predicted molar refractivity (Wildman–Crippen MR) is 113 cm³/mol. The van der Waals surface area contributed by atoms with Gasteiger partial charge in [0.15, 0.2) is 0 Å². The first-order valence-electron chi connectivity index (χ1n) is 10.1. The number of aromatic nitrogens is 2. The topological polar surface area (TPSA) is 157 Å². The Morgan fingerprint density at radius 3 is 2.59 bits per heavy atom. The lowest BCUT2D eigenvalue weighted by Gasteiger charge is -2.32. The smallest absolute Gasteiger partial charge is 0.330 e. The van der Waals surface area contributed by atoms with Crippen LogP contribution in [0.3, 0.4) is 0 Å². The molecule has 1 aliphatic rings. The molecule has 2 aromatic rings. The Morgan fingerprint density at radius 1 is 1.38 bits per heavy atom. The highest BCUT2D eigenvalue weighted by molar-refractivity contribution is 5.42. The largest absolute Gasteiger partial charge is 0.478 e. The standard InChI is InChI=1S/C21H27N3O8/c1-20(2,3)17(12-7-5-6-8-13(12)24(29)30)31-15-10-23(19(28)22-18(15)27)21(4)9-14(26)16(11-25)32-21/h5-8,10,14,16-17,25-26H,9,11H2,1-4H3,(H,22,27,28)/t14-,16+,17+,21+/m0/s1. The maximum atomic E-state index is 12.6. The SMILES string of the molecule is CC(C)(C)[C@H](Oc1cn([C@@]2(C)C[C@H](O)[C@@H](CO)O2)c(=O)[nH]c1=O)c1ccccc1[N+](=O)[O-].